The molecule has 2 aromatic carbocycles. The summed E-state index contributed by atoms with van der Waals surface area (Å²) in [4.78, 5) is 27.9. The van der Waals surface area contributed by atoms with Crippen molar-refractivity contribution in [2.75, 3.05) is 12.3 Å². The van der Waals surface area contributed by atoms with E-state index in [0.717, 1.165) is 10.5 Å². The highest BCUT2D eigenvalue weighted by atomic mass is 35.5. The first-order valence-electron chi connectivity index (χ1n) is 9.00. The zero-order valence-electron chi connectivity index (χ0n) is 15.7. The maximum absolute atomic E-state index is 12.9. The second-order valence-corrected chi connectivity index (χ2v) is 7.73. The number of carbonyl (C=O) groups is 2. The zero-order chi connectivity index (χ0) is 19.6. The van der Waals surface area contributed by atoms with Crippen LogP contribution in [0.5, 0.6) is 0 Å². The largest absolute Gasteiger partial charge is 0.355 e. The van der Waals surface area contributed by atoms with E-state index in [1.54, 1.807) is 23.6 Å². The van der Waals surface area contributed by atoms with Crippen molar-refractivity contribution in [1.82, 2.24) is 10.2 Å². The Morgan fingerprint density at radius 1 is 1.11 bits per heavy atom. The van der Waals surface area contributed by atoms with Gasteiger partial charge < -0.3 is 10.2 Å². The summed E-state index contributed by atoms with van der Waals surface area (Å²) in [6.07, 6.45) is 0.365. The lowest BCUT2D eigenvalue weighted by Gasteiger charge is -2.28. The molecule has 0 heterocycles. The molecule has 0 unspecified atom stereocenters. The highest BCUT2D eigenvalue weighted by molar-refractivity contribution is 7.99. The van der Waals surface area contributed by atoms with E-state index in [2.05, 4.69) is 5.32 Å². The number of nitrogens with one attached hydrogen (secondary N) is 1. The van der Waals surface area contributed by atoms with Crippen molar-refractivity contribution < 1.29 is 9.59 Å². The molecule has 0 fully saturated rings. The molecule has 6 heteroatoms. The van der Waals surface area contributed by atoms with Gasteiger partial charge in [0.15, 0.2) is 0 Å². The molecule has 4 nitrogen and oxygen atoms in total. The van der Waals surface area contributed by atoms with E-state index >= 15 is 0 Å². The number of thioether (sulfide) groups is 1. The summed E-state index contributed by atoms with van der Waals surface area (Å²) in [6, 6.07) is 16.8. The van der Waals surface area contributed by atoms with Crippen LogP contribution in [-0.4, -0.2) is 35.1 Å². The van der Waals surface area contributed by atoms with E-state index < -0.39 is 6.04 Å². The zero-order valence-corrected chi connectivity index (χ0v) is 17.2. The monoisotopic (exact) mass is 404 g/mol. The van der Waals surface area contributed by atoms with Crippen LogP contribution < -0.4 is 5.32 Å². The molecule has 0 saturated heterocycles. The average molecular weight is 405 g/mol. The second-order valence-electron chi connectivity index (χ2n) is 6.13. The van der Waals surface area contributed by atoms with Crippen LogP contribution in [0.25, 0.3) is 0 Å². The molecular weight excluding hydrogens is 380 g/mol. The van der Waals surface area contributed by atoms with Gasteiger partial charge in [-0.15, -0.1) is 11.8 Å². The highest BCUT2D eigenvalue weighted by Gasteiger charge is 2.25. The van der Waals surface area contributed by atoms with Gasteiger partial charge in [0.1, 0.15) is 6.04 Å². The molecule has 2 aromatic rings. The van der Waals surface area contributed by atoms with Gasteiger partial charge in [-0.3, -0.25) is 9.59 Å². The predicted octanol–water partition coefficient (Wildman–Crippen LogP) is 4.38. The van der Waals surface area contributed by atoms with Gasteiger partial charge in [0, 0.05) is 35.2 Å². The fraction of sp³-hybridized carbons (Fsp3) is 0.333. The minimum atomic E-state index is -0.516. The first-order valence-corrected chi connectivity index (χ1v) is 10.4. The molecule has 0 saturated carbocycles. The number of likely N-dealkylation sites (N-methyl/N-ethyl adjacent to an activating group) is 1. The number of rotatable bonds is 9. The van der Waals surface area contributed by atoms with Gasteiger partial charge in [-0.05, 0) is 43.7 Å². The molecule has 1 N–H and O–H groups in total. The summed E-state index contributed by atoms with van der Waals surface area (Å²) in [7, 11) is 0. The topological polar surface area (TPSA) is 49.4 Å². The summed E-state index contributed by atoms with van der Waals surface area (Å²) in [5.41, 5.74) is 1.01. The van der Waals surface area contributed by atoms with Crippen LogP contribution in [-0.2, 0) is 16.1 Å². The highest BCUT2D eigenvalue weighted by Crippen LogP contribution is 2.22. The number of hydrogen-bond donors (Lipinski definition) is 1. The Bertz CT molecular complexity index is 738. The molecule has 0 aliphatic rings. The lowest BCUT2D eigenvalue weighted by Crippen LogP contribution is -2.47. The average Bonchev–Trinajstić information content (AvgIpc) is 2.68. The van der Waals surface area contributed by atoms with Crippen molar-refractivity contribution in [3.05, 3.63) is 65.2 Å². The van der Waals surface area contributed by atoms with Crippen molar-refractivity contribution in [3.8, 4) is 0 Å². The van der Waals surface area contributed by atoms with Gasteiger partial charge >= 0.3 is 0 Å². The molecule has 0 radical (unpaired) electrons. The van der Waals surface area contributed by atoms with Crippen LogP contribution in [0.15, 0.2) is 59.5 Å². The first kappa shape index (κ1) is 21.3. The van der Waals surface area contributed by atoms with E-state index in [1.807, 2.05) is 61.5 Å². The van der Waals surface area contributed by atoms with Crippen LogP contribution in [0.4, 0.5) is 0 Å². The normalized spacial score (nSPS) is 11.7. The smallest absolute Gasteiger partial charge is 0.242 e. The minimum absolute atomic E-state index is 0.0286. The molecule has 0 aromatic heterocycles. The third kappa shape index (κ3) is 6.92. The summed E-state index contributed by atoms with van der Waals surface area (Å²) in [5, 5.41) is 3.50. The molecule has 0 aliphatic carbocycles. The number of hydrogen-bond acceptors (Lipinski definition) is 3. The van der Waals surface area contributed by atoms with Crippen LogP contribution >= 0.6 is 23.4 Å². The molecule has 0 aliphatic heterocycles. The van der Waals surface area contributed by atoms with E-state index in [-0.39, 0.29) is 11.8 Å². The van der Waals surface area contributed by atoms with Crippen LogP contribution in [0, 0.1) is 0 Å². The quantitative estimate of drug-likeness (QED) is 0.631. The lowest BCUT2D eigenvalue weighted by atomic mass is 10.1. The maximum Gasteiger partial charge on any atom is 0.242 e. The van der Waals surface area contributed by atoms with Crippen molar-refractivity contribution in [2.45, 2.75) is 37.8 Å². The van der Waals surface area contributed by atoms with Crippen molar-refractivity contribution >= 4 is 35.2 Å². The van der Waals surface area contributed by atoms with Crippen molar-refractivity contribution in [3.63, 3.8) is 0 Å². The number of benzene rings is 2. The Labute approximate surface area is 170 Å². The number of carbonyl (C=O) groups excluding carboxylic acids is 2. The van der Waals surface area contributed by atoms with Gasteiger partial charge in [-0.25, -0.2) is 0 Å². The maximum atomic E-state index is 12.9. The van der Waals surface area contributed by atoms with E-state index in [1.165, 1.54) is 0 Å². The van der Waals surface area contributed by atoms with Crippen LogP contribution in [0.1, 0.15) is 25.8 Å². The van der Waals surface area contributed by atoms with E-state index in [9.17, 15) is 9.59 Å². The van der Waals surface area contributed by atoms with Gasteiger partial charge in [0.2, 0.25) is 11.8 Å². The third-order valence-corrected chi connectivity index (χ3v) is 5.38. The Balaban J connectivity index is 2.00. The predicted molar refractivity (Wildman–Crippen MR) is 112 cm³/mol. The Hall–Kier alpha value is -1.98. The molecular formula is C21H25ClN2O2S. The number of halogens is 1. The lowest BCUT2D eigenvalue weighted by molar-refractivity contribution is -0.140. The second kappa shape index (κ2) is 11.0. The van der Waals surface area contributed by atoms with Crippen molar-refractivity contribution in [1.29, 1.82) is 0 Å². The summed E-state index contributed by atoms with van der Waals surface area (Å²) < 4.78 is 0. The standard InChI is InChI=1S/C21H25ClN2O2S/c1-3-23-21(26)16(2)24(15-17-7-5-4-6-8-17)20(25)13-14-27-19-11-9-18(22)10-12-19/h4-12,16H,3,13-15H2,1-2H3,(H,23,26)/t16-/m0/s1. The van der Waals surface area contributed by atoms with E-state index in [0.29, 0.717) is 30.3 Å². The summed E-state index contributed by atoms with van der Waals surface area (Å²) in [6.45, 7) is 4.61. The number of nitrogens with zero attached hydrogens (tertiary/aromatic N) is 1. The van der Waals surface area contributed by atoms with Gasteiger partial charge in [-0.2, -0.15) is 0 Å². The minimum Gasteiger partial charge on any atom is -0.355 e. The van der Waals surface area contributed by atoms with Gasteiger partial charge in [-0.1, -0.05) is 41.9 Å². The molecule has 144 valence electrons. The third-order valence-electron chi connectivity index (χ3n) is 4.11. The number of amides is 2. The van der Waals surface area contributed by atoms with Gasteiger partial charge in [0.25, 0.3) is 0 Å². The molecule has 27 heavy (non-hydrogen) atoms. The summed E-state index contributed by atoms with van der Waals surface area (Å²) >= 11 is 7.50. The fourth-order valence-corrected chi connectivity index (χ4v) is 3.58. The molecule has 2 amide bonds. The molecule has 1 atom stereocenters. The van der Waals surface area contributed by atoms with Crippen LogP contribution in [0.3, 0.4) is 0 Å². The SMILES string of the molecule is CCNC(=O)[C@H](C)N(Cc1ccccc1)C(=O)CCSc1ccc(Cl)cc1. The molecule has 0 spiro atoms. The van der Waals surface area contributed by atoms with Crippen LogP contribution in [0.2, 0.25) is 5.02 Å². The molecule has 0 bridgehead atoms. The molecule has 2 rings (SSSR count). The van der Waals surface area contributed by atoms with E-state index in [4.69, 9.17) is 11.6 Å². The Morgan fingerprint density at radius 2 is 1.78 bits per heavy atom. The Morgan fingerprint density at radius 3 is 2.41 bits per heavy atom. The fourth-order valence-electron chi connectivity index (χ4n) is 2.62. The first-order chi connectivity index (χ1) is 13.0. The summed E-state index contributed by atoms with van der Waals surface area (Å²) in [5.74, 6) is 0.486. The van der Waals surface area contributed by atoms with Gasteiger partial charge in [0.05, 0.1) is 0 Å². The Kier molecular flexibility index (Phi) is 8.69. The van der Waals surface area contributed by atoms with Crippen molar-refractivity contribution in [2.24, 2.45) is 0 Å².